The molecule has 138 valence electrons. The van der Waals surface area contributed by atoms with Gasteiger partial charge in [-0.05, 0) is 35.2 Å². The Morgan fingerprint density at radius 1 is 0.821 bits per heavy atom. The molecule has 3 aromatic carbocycles. The maximum atomic E-state index is 14.1. The van der Waals surface area contributed by atoms with Crippen molar-refractivity contribution >= 4 is 16.7 Å². The topological polar surface area (TPSA) is 39.2 Å². The summed E-state index contributed by atoms with van der Waals surface area (Å²) in [5, 5.41) is 1.18. The third-order valence-corrected chi connectivity index (χ3v) is 4.53. The Morgan fingerprint density at radius 2 is 1.50 bits per heavy atom. The summed E-state index contributed by atoms with van der Waals surface area (Å²) >= 11 is 0. The van der Waals surface area contributed by atoms with Gasteiger partial charge in [-0.1, -0.05) is 48.5 Å². The van der Waals surface area contributed by atoms with Crippen molar-refractivity contribution in [2.75, 3.05) is 7.11 Å². The molecule has 0 spiro atoms. The van der Waals surface area contributed by atoms with Crippen LogP contribution in [0.1, 0.15) is 10.5 Å². The van der Waals surface area contributed by atoms with E-state index in [0.29, 0.717) is 27.6 Å². The number of benzene rings is 3. The van der Waals surface area contributed by atoms with Crippen LogP contribution in [-0.4, -0.2) is 18.1 Å². The van der Waals surface area contributed by atoms with Crippen LogP contribution in [0, 0.1) is 11.6 Å². The van der Waals surface area contributed by atoms with Gasteiger partial charge in [-0.3, -0.25) is 0 Å². The molecule has 0 saturated heterocycles. The van der Waals surface area contributed by atoms with E-state index < -0.39 is 17.6 Å². The lowest BCUT2D eigenvalue weighted by molar-refractivity contribution is 0.0595. The number of hydrogen-bond donors (Lipinski definition) is 0. The fourth-order valence-electron chi connectivity index (χ4n) is 3.26. The number of ether oxygens (including phenoxy) is 1. The molecule has 0 atom stereocenters. The molecule has 0 N–H and O–H groups in total. The number of carbonyl (C=O) groups excluding carboxylic acids is 1. The number of carbonyl (C=O) groups is 1. The number of methoxy groups -OCH3 is 1. The van der Waals surface area contributed by atoms with Crippen LogP contribution >= 0.6 is 0 Å². The molecule has 0 amide bonds. The minimum Gasteiger partial charge on any atom is -0.464 e. The molecule has 0 aliphatic rings. The number of esters is 1. The predicted octanol–water partition coefficient (Wildman–Crippen LogP) is 5.63. The van der Waals surface area contributed by atoms with Crippen LogP contribution in [-0.2, 0) is 4.74 Å². The summed E-state index contributed by atoms with van der Waals surface area (Å²) in [6.45, 7) is 0. The summed E-state index contributed by atoms with van der Waals surface area (Å²) in [6, 6.07) is 19.3. The third-order valence-electron chi connectivity index (χ3n) is 4.53. The quantitative estimate of drug-likeness (QED) is 0.436. The van der Waals surface area contributed by atoms with Gasteiger partial charge in [0.15, 0.2) is 5.69 Å². The smallest absolute Gasteiger partial charge is 0.357 e. The number of rotatable bonds is 3. The molecule has 0 unspecified atom stereocenters. The first-order valence-electron chi connectivity index (χ1n) is 8.61. The summed E-state index contributed by atoms with van der Waals surface area (Å²) in [4.78, 5) is 17.1. The van der Waals surface area contributed by atoms with E-state index in [-0.39, 0.29) is 5.69 Å². The highest BCUT2D eigenvalue weighted by atomic mass is 19.1. The zero-order chi connectivity index (χ0) is 19.7. The summed E-state index contributed by atoms with van der Waals surface area (Å²) in [5.41, 5.74) is 2.37. The van der Waals surface area contributed by atoms with Crippen LogP contribution in [0.4, 0.5) is 8.78 Å². The van der Waals surface area contributed by atoms with Crippen LogP contribution in [0.25, 0.3) is 33.2 Å². The van der Waals surface area contributed by atoms with Crippen molar-refractivity contribution in [1.29, 1.82) is 0 Å². The predicted molar refractivity (Wildman–Crippen MR) is 104 cm³/mol. The molecular weight excluding hydrogens is 360 g/mol. The minimum absolute atomic E-state index is 0.0899. The lowest BCUT2D eigenvalue weighted by Crippen LogP contribution is -2.09. The summed E-state index contributed by atoms with van der Waals surface area (Å²) in [7, 11) is 1.27. The normalized spacial score (nSPS) is 10.8. The molecule has 3 nitrogen and oxygen atoms in total. The second-order valence-electron chi connectivity index (χ2n) is 6.24. The molecular formula is C23H15F2NO2. The Morgan fingerprint density at radius 3 is 2.18 bits per heavy atom. The van der Waals surface area contributed by atoms with Gasteiger partial charge in [0.25, 0.3) is 0 Å². The molecule has 0 bridgehead atoms. The zero-order valence-corrected chi connectivity index (χ0v) is 14.9. The molecule has 0 aliphatic heterocycles. The Bertz CT molecular complexity index is 1170. The number of nitrogens with zero attached hydrogens (tertiary/aromatic N) is 1. The SMILES string of the molecule is COC(=O)c1nc(-c2ccccc2)c2cc(F)ccc2c1-c1ccc(F)cc1. The van der Waals surface area contributed by atoms with Gasteiger partial charge in [0.05, 0.1) is 12.8 Å². The van der Waals surface area contributed by atoms with Crippen molar-refractivity contribution in [2.45, 2.75) is 0 Å². The van der Waals surface area contributed by atoms with E-state index in [1.54, 1.807) is 18.2 Å². The van der Waals surface area contributed by atoms with Gasteiger partial charge in [0.2, 0.25) is 0 Å². The maximum absolute atomic E-state index is 14.1. The van der Waals surface area contributed by atoms with E-state index >= 15 is 0 Å². The molecule has 1 aromatic heterocycles. The number of pyridine rings is 1. The number of halogens is 2. The molecule has 0 saturated carbocycles. The van der Waals surface area contributed by atoms with Crippen LogP contribution in [0.3, 0.4) is 0 Å². The largest absolute Gasteiger partial charge is 0.464 e. The first-order chi connectivity index (χ1) is 13.6. The Kier molecular flexibility index (Phi) is 4.57. The van der Waals surface area contributed by atoms with Gasteiger partial charge in [-0.15, -0.1) is 0 Å². The molecule has 28 heavy (non-hydrogen) atoms. The van der Waals surface area contributed by atoms with Crippen LogP contribution in [0.5, 0.6) is 0 Å². The van der Waals surface area contributed by atoms with E-state index in [1.165, 1.54) is 31.4 Å². The monoisotopic (exact) mass is 375 g/mol. The standard InChI is InChI=1S/C23H15F2NO2/c1-28-23(27)22-20(14-7-9-16(24)10-8-14)18-12-11-17(25)13-19(18)21(26-22)15-5-3-2-4-6-15/h2-13H,1H3. The zero-order valence-electron chi connectivity index (χ0n) is 14.9. The lowest BCUT2D eigenvalue weighted by atomic mass is 9.94. The summed E-state index contributed by atoms with van der Waals surface area (Å²) in [6.07, 6.45) is 0. The Balaban J connectivity index is 2.13. The Labute approximate surface area is 160 Å². The summed E-state index contributed by atoms with van der Waals surface area (Å²) in [5.74, 6) is -1.43. The highest BCUT2D eigenvalue weighted by Gasteiger charge is 2.22. The van der Waals surface area contributed by atoms with E-state index in [2.05, 4.69) is 4.98 Å². The van der Waals surface area contributed by atoms with Crippen LogP contribution in [0.2, 0.25) is 0 Å². The molecule has 1 heterocycles. The molecule has 0 fully saturated rings. The van der Waals surface area contributed by atoms with E-state index in [9.17, 15) is 13.6 Å². The highest BCUT2D eigenvalue weighted by Crippen LogP contribution is 2.37. The third kappa shape index (κ3) is 3.11. The van der Waals surface area contributed by atoms with Crippen molar-refractivity contribution in [1.82, 2.24) is 4.98 Å². The average Bonchev–Trinajstić information content (AvgIpc) is 2.73. The van der Waals surface area contributed by atoms with Crippen molar-refractivity contribution in [3.8, 4) is 22.4 Å². The van der Waals surface area contributed by atoms with Crippen molar-refractivity contribution in [2.24, 2.45) is 0 Å². The first-order valence-corrected chi connectivity index (χ1v) is 8.61. The lowest BCUT2D eigenvalue weighted by Gasteiger charge is -2.15. The number of hydrogen-bond acceptors (Lipinski definition) is 3. The maximum Gasteiger partial charge on any atom is 0.357 e. The van der Waals surface area contributed by atoms with E-state index in [4.69, 9.17) is 4.74 Å². The fraction of sp³-hybridized carbons (Fsp3) is 0.0435. The summed E-state index contributed by atoms with van der Waals surface area (Å²) < 4.78 is 32.4. The Hall–Kier alpha value is -3.60. The number of aromatic nitrogens is 1. The minimum atomic E-state index is -0.622. The molecule has 4 aromatic rings. The van der Waals surface area contributed by atoms with E-state index in [0.717, 1.165) is 5.56 Å². The average molecular weight is 375 g/mol. The van der Waals surface area contributed by atoms with Crippen molar-refractivity contribution in [3.05, 3.63) is 90.1 Å². The van der Waals surface area contributed by atoms with Crippen LogP contribution in [0.15, 0.2) is 72.8 Å². The number of fused-ring (bicyclic) bond motifs is 1. The van der Waals surface area contributed by atoms with Gasteiger partial charge in [0.1, 0.15) is 11.6 Å². The first kappa shape index (κ1) is 17.8. The van der Waals surface area contributed by atoms with Gasteiger partial charge < -0.3 is 4.74 Å². The van der Waals surface area contributed by atoms with Gasteiger partial charge in [0, 0.05) is 16.5 Å². The fourth-order valence-corrected chi connectivity index (χ4v) is 3.26. The van der Waals surface area contributed by atoms with E-state index in [1.807, 2.05) is 30.3 Å². The second-order valence-corrected chi connectivity index (χ2v) is 6.24. The van der Waals surface area contributed by atoms with Crippen LogP contribution < -0.4 is 0 Å². The molecule has 5 heteroatoms. The molecule has 0 aliphatic carbocycles. The molecule has 0 radical (unpaired) electrons. The van der Waals surface area contributed by atoms with Gasteiger partial charge in [-0.25, -0.2) is 18.6 Å². The van der Waals surface area contributed by atoms with Crippen molar-refractivity contribution < 1.29 is 18.3 Å². The van der Waals surface area contributed by atoms with Gasteiger partial charge in [-0.2, -0.15) is 0 Å². The van der Waals surface area contributed by atoms with Crippen molar-refractivity contribution in [3.63, 3.8) is 0 Å². The highest BCUT2D eigenvalue weighted by molar-refractivity contribution is 6.10. The van der Waals surface area contributed by atoms with Gasteiger partial charge >= 0.3 is 5.97 Å². The second kappa shape index (κ2) is 7.19. The molecule has 4 rings (SSSR count).